The summed E-state index contributed by atoms with van der Waals surface area (Å²) in [4.78, 5) is 10.8. The molecular formula is C16H14Br2ClNO3. The molecule has 0 aliphatic rings. The van der Waals surface area contributed by atoms with Gasteiger partial charge in [-0.15, -0.1) is 0 Å². The fourth-order valence-corrected chi connectivity index (χ4v) is 3.71. The fourth-order valence-electron chi connectivity index (χ4n) is 1.99. The molecule has 122 valence electrons. The van der Waals surface area contributed by atoms with Gasteiger partial charge in [-0.1, -0.05) is 23.7 Å². The quantitative estimate of drug-likeness (QED) is 0.666. The first kappa shape index (κ1) is 18.3. The molecule has 0 radical (unpaired) electrons. The van der Waals surface area contributed by atoms with Crippen LogP contribution in [-0.4, -0.2) is 17.1 Å². The molecule has 0 aliphatic heterocycles. The van der Waals surface area contributed by atoms with Crippen molar-refractivity contribution < 1.29 is 14.6 Å². The Morgan fingerprint density at radius 1 is 1.22 bits per heavy atom. The lowest BCUT2D eigenvalue weighted by Gasteiger charge is -2.13. The van der Waals surface area contributed by atoms with Crippen molar-refractivity contribution in [1.29, 1.82) is 0 Å². The smallest absolute Gasteiger partial charge is 0.320 e. The number of carboxylic acid groups (broad SMARTS) is 1. The summed E-state index contributed by atoms with van der Waals surface area (Å²) in [6.07, 6.45) is 0.237. The van der Waals surface area contributed by atoms with Gasteiger partial charge in [-0.2, -0.15) is 0 Å². The van der Waals surface area contributed by atoms with Crippen LogP contribution in [0.3, 0.4) is 0 Å². The maximum atomic E-state index is 10.8. The van der Waals surface area contributed by atoms with Crippen molar-refractivity contribution in [2.24, 2.45) is 5.73 Å². The van der Waals surface area contributed by atoms with E-state index in [1.54, 1.807) is 18.2 Å². The molecule has 0 spiro atoms. The minimum Gasteiger partial charge on any atom is -0.487 e. The molecule has 0 aromatic heterocycles. The van der Waals surface area contributed by atoms with Gasteiger partial charge in [0.05, 0.1) is 8.95 Å². The van der Waals surface area contributed by atoms with Crippen LogP contribution in [0.2, 0.25) is 5.02 Å². The first-order chi connectivity index (χ1) is 10.9. The molecule has 3 N–H and O–H groups in total. The van der Waals surface area contributed by atoms with Crippen LogP contribution in [0.15, 0.2) is 45.3 Å². The molecule has 2 aromatic rings. The van der Waals surface area contributed by atoms with Crippen LogP contribution >= 0.6 is 43.5 Å². The van der Waals surface area contributed by atoms with E-state index in [0.717, 1.165) is 20.1 Å². The number of rotatable bonds is 6. The van der Waals surface area contributed by atoms with Crippen molar-refractivity contribution >= 4 is 49.4 Å². The summed E-state index contributed by atoms with van der Waals surface area (Å²) >= 11 is 12.8. The molecule has 1 atom stereocenters. The minimum atomic E-state index is -1.03. The molecule has 0 amide bonds. The van der Waals surface area contributed by atoms with E-state index in [1.807, 2.05) is 18.2 Å². The maximum absolute atomic E-state index is 10.8. The van der Waals surface area contributed by atoms with E-state index in [0.29, 0.717) is 17.4 Å². The van der Waals surface area contributed by atoms with E-state index in [-0.39, 0.29) is 6.42 Å². The van der Waals surface area contributed by atoms with E-state index in [9.17, 15) is 4.79 Å². The van der Waals surface area contributed by atoms with Gasteiger partial charge in [0, 0.05) is 5.02 Å². The average molecular weight is 464 g/mol. The number of hydrogen-bond acceptors (Lipinski definition) is 3. The van der Waals surface area contributed by atoms with Gasteiger partial charge in [0.2, 0.25) is 0 Å². The molecule has 0 bridgehead atoms. The molecule has 0 aliphatic carbocycles. The highest BCUT2D eigenvalue weighted by molar-refractivity contribution is 9.11. The zero-order valence-electron chi connectivity index (χ0n) is 11.9. The first-order valence-corrected chi connectivity index (χ1v) is 8.66. The van der Waals surface area contributed by atoms with Gasteiger partial charge in [-0.25, -0.2) is 0 Å². The van der Waals surface area contributed by atoms with Gasteiger partial charge >= 0.3 is 5.97 Å². The molecule has 1 unspecified atom stereocenters. The molecule has 7 heteroatoms. The highest BCUT2D eigenvalue weighted by Crippen LogP contribution is 2.35. The second-order valence-electron chi connectivity index (χ2n) is 4.96. The average Bonchev–Trinajstić information content (AvgIpc) is 2.46. The molecule has 0 fully saturated rings. The van der Waals surface area contributed by atoms with Crippen molar-refractivity contribution in [1.82, 2.24) is 0 Å². The van der Waals surface area contributed by atoms with Crippen molar-refractivity contribution in [3.63, 3.8) is 0 Å². The Morgan fingerprint density at radius 3 is 2.43 bits per heavy atom. The zero-order valence-corrected chi connectivity index (χ0v) is 15.9. The van der Waals surface area contributed by atoms with Crippen LogP contribution in [0, 0.1) is 0 Å². The Kier molecular flexibility index (Phi) is 6.47. The number of carbonyl (C=O) groups is 1. The van der Waals surface area contributed by atoms with Crippen molar-refractivity contribution in [2.75, 3.05) is 0 Å². The van der Waals surface area contributed by atoms with Crippen molar-refractivity contribution in [3.8, 4) is 5.75 Å². The Bertz CT molecular complexity index is 701. The second kappa shape index (κ2) is 8.15. The molecule has 0 saturated heterocycles. The van der Waals surface area contributed by atoms with Crippen molar-refractivity contribution in [2.45, 2.75) is 19.1 Å². The SMILES string of the molecule is NC(Cc1cc(Br)c(OCc2cccc(Cl)c2)c(Br)c1)C(=O)O. The van der Waals surface area contributed by atoms with Crippen LogP contribution in [0.25, 0.3) is 0 Å². The van der Waals surface area contributed by atoms with Gasteiger partial charge in [-0.3, -0.25) is 4.79 Å². The summed E-state index contributed by atoms with van der Waals surface area (Å²) in [7, 11) is 0. The number of ether oxygens (including phenoxy) is 1. The predicted octanol–water partition coefficient (Wildman–Crippen LogP) is 4.40. The molecule has 0 saturated carbocycles. The third-order valence-corrected chi connectivity index (χ3v) is 4.52. The largest absolute Gasteiger partial charge is 0.487 e. The van der Waals surface area contributed by atoms with Crippen LogP contribution in [0.4, 0.5) is 0 Å². The highest BCUT2D eigenvalue weighted by atomic mass is 79.9. The minimum absolute atomic E-state index is 0.237. The standard InChI is InChI=1S/C16H14Br2ClNO3/c17-12-5-10(7-14(20)16(21)22)6-13(18)15(12)23-8-9-2-1-3-11(19)4-9/h1-6,14H,7-8,20H2,(H,21,22). The molecule has 23 heavy (non-hydrogen) atoms. The molecule has 0 heterocycles. The molecular weight excluding hydrogens is 449 g/mol. The summed E-state index contributed by atoms with van der Waals surface area (Å²) in [5, 5.41) is 9.54. The van der Waals surface area contributed by atoms with Gasteiger partial charge < -0.3 is 15.6 Å². The fraction of sp³-hybridized carbons (Fsp3) is 0.188. The zero-order chi connectivity index (χ0) is 17.0. The summed E-state index contributed by atoms with van der Waals surface area (Å²) in [6.45, 7) is 0.367. The summed E-state index contributed by atoms with van der Waals surface area (Å²) in [5.74, 6) is -0.392. The van der Waals surface area contributed by atoms with E-state index < -0.39 is 12.0 Å². The molecule has 2 aromatic carbocycles. The monoisotopic (exact) mass is 461 g/mol. The second-order valence-corrected chi connectivity index (χ2v) is 7.10. The normalized spacial score (nSPS) is 12.0. The molecule has 4 nitrogen and oxygen atoms in total. The van der Waals surface area contributed by atoms with E-state index in [1.165, 1.54) is 0 Å². The van der Waals surface area contributed by atoms with E-state index in [2.05, 4.69) is 31.9 Å². The van der Waals surface area contributed by atoms with E-state index >= 15 is 0 Å². The third kappa shape index (κ3) is 5.21. The van der Waals surface area contributed by atoms with Crippen LogP contribution in [-0.2, 0) is 17.8 Å². The van der Waals surface area contributed by atoms with Gasteiger partial charge in [0.15, 0.2) is 0 Å². The maximum Gasteiger partial charge on any atom is 0.320 e. The topological polar surface area (TPSA) is 72.5 Å². The number of benzene rings is 2. The van der Waals surface area contributed by atoms with Crippen LogP contribution in [0.1, 0.15) is 11.1 Å². The summed E-state index contributed by atoms with van der Waals surface area (Å²) in [5.41, 5.74) is 7.31. The number of carboxylic acids is 1. The van der Waals surface area contributed by atoms with Gasteiger partial charge in [-0.05, 0) is 73.7 Å². The lowest BCUT2D eigenvalue weighted by molar-refractivity contribution is -0.138. The van der Waals surface area contributed by atoms with Crippen molar-refractivity contribution in [3.05, 3.63) is 61.5 Å². The first-order valence-electron chi connectivity index (χ1n) is 6.70. The Balaban J connectivity index is 2.12. The Morgan fingerprint density at radius 2 is 1.87 bits per heavy atom. The van der Waals surface area contributed by atoms with Gasteiger partial charge in [0.1, 0.15) is 18.4 Å². The summed E-state index contributed by atoms with van der Waals surface area (Å²) in [6, 6.07) is 10.1. The lowest BCUT2D eigenvalue weighted by Crippen LogP contribution is -2.32. The van der Waals surface area contributed by atoms with Crippen LogP contribution < -0.4 is 10.5 Å². The number of nitrogens with two attached hydrogens (primary N) is 1. The molecule has 2 rings (SSSR count). The highest BCUT2D eigenvalue weighted by Gasteiger charge is 2.15. The lowest BCUT2D eigenvalue weighted by atomic mass is 10.1. The predicted molar refractivity (Wildman–Crippen MR) is 96.9 cm³/mol. The Hall–Kier alpha value is -1.08. The van der Waals surface area contributed by atoms with Crippen LogP contribution in [0.5, 0.6) is 5.75 Å². The Labute approximate surface area is 155 Å². The van der Waals surface area contributed by atoms with E-state index in [4.69, 9.17) is 27.2 Å². The number of halogens is 3. The van der Waals surface area contributed by atoms with Gasteiger partial charge in [0.25, 0.3) is 0 Å². The summed E-state index contributed by atoms with van der Waals surface area (Å²) < 4.78 is 7.26. The third-order valence-electron chi connectivity index (χ3n) is 3.10. The number of hydrogen-bond donors (Lipinski definition) is 2. The number of aliphatic carboxylic acids is 1.